The lowest BCUT2D eigenvalue weighted by molar-refractivity contribution is 0.0649. The minimum Gasteiger partial charge on any atom is -0.392 e. The largest absolute Gasteiger partial charge is 0.392 e. The quantitative estimate of drug-likeness (QED) is 0.790. The Hall–Kier alpha value is -0.870. The molecule has 4 nitrogen and oxygen atoms in total. The Balaban J connectivity index is 2.55. The van der Waals surface area contributed by atoms with Crippen molar-refractivity contribution >= 4 is 0 Å². The van der Waals surface area contributed by atoms with Crippen LogP contribution in [0.5, 0.6) is 0 Å². The molecule has 4 heteroatoms. The van der Waals surface area contributed by atoms with Gasteiger partial charge in [-0.15, -0.1) is 0 Å². The lowest BCUT2D eigenvalue weighted by Gasteiger charge is -2.27. The fourth-order valence-corrected chi connectivity index (χ4v) is 1.55. The molecular weight excluding hydrogens is 190 g/mol. The summed E-state index contributed by atoms with van der Waals surface area (Å²) in [6.07, 6.45) is 4.25. The number of likely N-dealkylation sites (N-methyl/N-ethyl adjacent to an activating group) is 1. The first-order chi connectivity index (χ1) is 7.06. The SMILES string of the molecule is CCC(O)C(C)N(C)Cc1nccn1C. The van der Waals surface area contributed by atoms with E-state index in [1.54, 1.807) is 6.20 Å². The zero-order valence-electron chi connectivity index (χ0n) is 10.0. The van der Waals surface area contributed by atoms with Crippen molar-refractivity contribution < 1.29 is 5.11 Å². The number of imidazole rings is 1. The first-order valence-electron chi connectivity index (χ1n) is 5.40. The van der Waals surface area contributed by atoms with Crippen molar-refractivity contribution in [2.45, 2.75) is 39.0 Å². The van der Waals surface area contributed by atoms with Gasteiger partial charge in [0.25, 0.3) is 0 Å². The van der Waals surface area contributed by atoms with Gasteiger partial charge in [0.1, 0.15) is 5.82 Å². The molecule has 0 aromatic carbocycles. The van der Waals surface area contributed by atoms with Crippen molar-refractivity contribution in [3.05, 3.63) is 18.2 Å². The van der Waals surface area contributed by atoms with E-state index in [1.165, 1.54) is 0 Å². The fraction of sp³-hybridized carbons (Fsp3) is 0.727. The van der Waals surface area contributed by atoms with Crippen molar-refractivity contribution in [1.29, 1.82) is 0 Å². The number of rotatable bonds is 5. The molecule has 0 amide bonds. The highest BCUT2D eigenvalue weighted by molar-refractivity contribution is 4.91. The van der Waals surface area contributed by atoms with E-state index in [1.807, 2.05) is 38.7 Å². The summed E-state index contributed by atoms with van der Waals surface area (Å²) in [5, 5.41) is 9.73. The topological polar surface area (TPSA) is 41.3 Å². The minimum atomic E-state index is -0.268. The van der Waals surface area contributed by atoms with Crippen LogP contribution in [0.1, 0.15) is 26.1 Å². The van der Waals surface area contributed by atoms with E-state index in [4.69, 9.17) is 0 Å². The van der Waals surface area contributed by atoms with Crippen LogP contribution >= 0.6 is 0 Å². The van der Waals surface area contributed by atoms with Gasteiger partial charge in [0.15, 0.2) is 0 Å². The smallest absolute Gasteiger partial charge is 0.122 e. The van der Waals surface area contributed by atoms with E-state index in [-0.39, 0.29) is 12.1 Å². The fourth-order valence-electron chi connectivity index (χ4n) is 1.55. The molecule has 2 atom stereocenters. The summed E-state index contributed by atoms with van der Waals surface area (Å²) in [6, 6.07) is 0.159. The lowest BCUT2D eigenvalue weighted by Crippen LogP contribution is -2.38. The summed E-state index contributed by atoms with van der Waals surface area (Å²) in [5.41, 5.74) is 0. The molecule has 1 rings (SSSR count). The van der Waals surface area contributed by atoms with E-state index in [0.29, 0.717) is 0 Å². The van der Waals surface area contributed by atoms with E-state index in [9.17, 15) is 5.11 Å². The molecule has 1 N–H and O–H groups in total. The molecule has 86 valence electrons. The zero-order valence-corrected chi connectivity index (χ0v) is 10.0. The van der Waals surface area contributed by atoms with Gasteiger partial charge in [-0.25, -0.2) is 4.98 Å². The second-order valence-corrected chi connectivity index (χ2v) is 4.09. The van der Waals surface area contributed by atoms with Gasteiger partial charge in [-0.2, -0.15) is 0 Å². The maximum absolute atomic E-state index is 9.73. The summed E-state index contributed by atoms with van der Waals surface area (Å²) in [4.78, 5) is 6.38. The average molecular weight is 211 g/mol. The Bertz CT molecular complexity index is 298. The van der Waals surface area contributed by atoms with Gasteiger partial charge in [-0.1, -0.05) is 6.92 Å². The van der Waals surface area contributed by atoms with Gasteiger partial charge >= 0.3 is 0 Å². The number of aliphatic hydroxyl groups is 1. The van der Waals surface area contributed by atoms with Crippen LogP contribution in [0.15, 0.2) is 12.4 Å². The number of aromatic nitrogens is 2. The molecule has 0 spiro atoms. The molecule has 0 aliphatic carbocycles. The van der Waals surface area contributed by atoms with Gasteiger partial charge in [-0.3, -0.25) is 4.90 Å². The highest BCUT2D eigenvalue weighted by atomic mass is 16.3. The monoisotopic (exact) mass is 211 g/mol. The maximum atomic E-state index is 9.73. The van der Waals surface area contributed by atoms with Gasteiger partial charge in [-0.05, 0) is 20.4 Å². The molecule has 0 aliphatic heterocycles. The Morgan fingerprint density at radius 1 is 1.60 bits per heavy atom. The van der Waals surface area contributed by atoms with Crippen LogP contribution in [0.25, 0.3) is 0 Å². The predicted octanol–water partition coefficient (Wildman–Crippen LogP) is 1.01. The van der Waals surface area contributed by atoms with E-state index >= 15 is 0 Å². The van der Waals surface area contributed by atoms with Crippen LogP contribution in [0.2, 0.25) is 0 Å². The lowest BCUT2D eigenvalue weighted by atomic mass is 10.1. The van der Waals surface area contributed by atoms with Crippen molar-refractivity contribution in [2.24, 2.45) is 7.05 Å². The average Bonchev–Trinajstić information content (AvgIpc) is 2.62. The van der Waals surface area contributed by atoms with E-state index in [0.717, 1.165) is 18.8 Å². The number of aliphatic hydroxyl groups excluding tert-OH is 1. The highest BCUT2D eigenvalue weighted by Gasteiger charge is 2.18. The summed E-state index contributed by atoms with van der Waals surface area (Å²) >= 11 is 0. The molecule has 0 radical (unpaired) electrons. The van der Waals surface area contributed by atoms with Crippen LogP contribution < -0.4 is 0 Å². The summed E-state index contributed by atoms with van der Waals surface area (Å²) in [6.45, 7) is 4.80. The molecule has 0 bridgehead atoms. The van der Waals surface area contributed by atoms with Crippen LogP contribution in [0, 0.1) is 0 Å². The molecule has 0 saturated carbocycles. The van der Waals surface area contributed by atoms with Crippen LogP contribution in [-0.2, 0) is 13.6 Å². The Morgan fingerprint density at radius 3 is 2.73 bits per heavy atom. The predicted molar refractivity (Wildman–Crippen MR) is 60.4 cm³/mol. The van der Waals surface area contributed by atoms with Gasteiger partial charge in [0, 0.05) is 25.5 Å². The molecule has 0 saturated heterocycles. The van der Waals surface area contributed by atoms with Crippen molar-refractivity contribution in [1.82, 2.24) is 14.5 Å². The van der Waals surface area contributed by atoms with Gasteiger partial charge in [0.05, 0.1) is 12.6 Å². The molecule has 0 fully saturated rings. The molecule has 1 heterocycles. The van der Waals surface area contributed by atoms with Crippen molar-refractivity contribution in [3.8, 4) is 0 Å². The molecular formula is C11H21N3O. The molecule has 2 unspecified atom stereocenters. The van der Waals surface area contributed by atoms with E-state index < -0.39 is 0 Å². The Kier molecular flexibility index (Phi) is 4.29. The van der Waals surface area contributed by atoms with Gasteiger partial charge in [0.2, 0.25) is 0 Å². The number of hydrogen-bond donors (Lipinski definition) is 1. The summed E-state index contributed by atoms with van der Waals surface area (Å²) in [5.74, 6) is 1.02. The molecule has 1 aromatic heterocycles. The third kappa shape index (κ3) is 3.04. The van der Waals surface area contributed by atoms with Crippen LogP contribution in [0.3, 0.4) is 0 Å². The molecule has 1 aromatic rings. The first-order valence-corrected chi connectivity index (χ1v) is 5.40. The molecule has 15 heavy (non-hydrogen) atoms. The normalized spacial score (nSPS) is 15.6. The first kappa shape index (κ1) is 12.2. The van der Waals surface area contributed by atoms with Crippen molar-refractivity contribution in [3.63, 3.8) is 0 Å². The van der Waals surface area contributed by atoms with E-state index in [2.05, 4.69) is 9.88 Å². The summed E-state index contributed by atoms with van der Waals surface area (Å²) < 4.78 is 2.00. The Morgan fingerprint density at radius 2 is 2.27 bits per heavy atom. The van der Waals surface area contributed by atoms with Gasteiger partial charge < -0.3 is 9.67 Å². The third-order valence-electron chi connectivity index (χ3n) is 2.98. The van der Waals surface area contributed by atoms with Crippen molar-refractivity contribution in [2.75, 3.05) is 7.05 Å². The third-order valence-corrected chi connectivity index (χ3v) is 2.98. The molecule has 0 aliphatic rings. The van der Waals surface area contributed by atoms with Crippen LogP contribution in [0.4, 0.5) is 0 Å². The number of aryl methyl sites for hydroxylation is 1. The second-order valence-electron chi connectivity index (χ2n) is 4.09. The summed E-state index contributed by atoms with van der Waals surface area (Å²) in [7, 11) is 4.00. The minimum absolute atomic E-state index is 0.159. The number of nitrogens with zero attached hydrogens (tertiary/aromatic N) is 3. The number of hydrogen-bond acceptors (Lipinski definition) is 3. The standard InChI is InChI=1S/C11H21N3O/c1-5-10(15)9(2)14(4)8-11-12-6-7-13(11)3/h6-7,9-10,15H,5,8H2,1-4H3. The maximum Gasteiger partial charge on any atom is 0.122 e. The highest BCUT2D eigenvalue weighted by Crippen LogP contribution is 2.08. The second kappa shape index (κ2) is 5.28. The Labute approximate surface area is 91.5 Å². The van der Waals surface area contributed by atoms with Crippen LogP contribution in [-0.4, -0.2) is 38.8 Å². The zero-order chi connectivity index (χ0) is 11.4.